The molecule has 1 saturated heterocycles. The maximum absolute atomic E-state index is 11.0. The van der Waals surface area contributed by atoms with Crippen molar-refractivity contribution in [2.75, 3.05) is 13.2 Å². The monoisotopic (exact) mass is 282 g/mol. The number of carbonyl (C=O) groups is 1. The molecule has 4 nitrogen and oxygen atoms in total. The molecule has 1 fully saturated rings. The predicted molar refractivity (Wildman–Crippen MR) is 75.2 cm³/mol. The van der Waals surface area contributed by atoms with Crippen molar-refractivity contribution < 1.29 is 9.53 Å². The second-order valence-corrected chi connectivity index (χ2v) is 5.33. The average Bonchev–Trinajstić information content (AvgIpc) is 2.77. The Morgan fingerprint density at radius 2 is 2.37 bits per heavy atom. The summed E-state index contributed by atoms with van der Waals surface area (Å²) in [6.07, 6.45) is 1.42. The van der Waals surface area contributed by atoms with Gasteiger partial charge >= 0.3 is 0 Å². The molecular formula is C14H19ClN2O2. The Morgan fingerprint density at radius 3 is 2.95 bits per heavy atom. The first-order valence-electron chi connectivity index (χ1n) is 6.48. The van der Waals surface area contributed by atoms with Crippen LogP contribution in [0.15, 0.2) is 18.2 Å². The summed E-state index contributed by atoms with van der Waals surface area (Å²) in [5.74, 6) is 0.0991. The number of halogens is 1. The summed E-state index contributed by atoms with van der Waals surface area (Å²) in [4.78, 5) is 11.0. The quantitative estimate of drug-likeness (QED) is 0.868. The molecule has 2 atom stereocenters. The molecule has 19 heavy (non-hydrogen) atoms. The number of carbonyl (C=O) groups excluding carboxylic acids is 1. The van der Waals surface area contributed by atoms with Crippen LogP contribution in [0.4, 0.5) is 0 Å². The standard InChI is InChI=1S/C14H19ClN2O2/c1-9-11(4-5-19-9)7-17-8-12-3-2-10(14(16)18)6-13(12)15/h2-3,6,9,11,17H,4-5,7-8H2,1H3,(H2,16,18). The molecule has 1 aromatic carbocycles. The van der Waals surface area contributed by atoms with Gasteiger partial charge in [0, 0.05) is 30.3 Å². The molecule has 5 heteroatoms. The highest BCUT2D eigenvalue weighted by molar-refractivity contribution is 6.31. The summed E-state index contributed by atoms with van der Waals surface area (Å²) in [5.41, 5.74) is 6.61. The van der Waals surface area contributed by atoms with Gasteiger partial charge in [-0.05, 0) is 37.0 Å². The van der Waals surface area contributed by atoms with E-state index in [1.165, 1.54) is 0 Å². The van der Waals surface area contributed by atoms with E-state index in [0.717, 1.165) is 25.1 Å². The van der Waals surface area contributed by atoms with Gasteiger partial charge in [0.15, 0.2) is 0 Å². The first-order valence-corrected chi connectivity index (χ1v) is 6.86. The van der Waals surface area contributed by atoms with Crippen LogP contribution >= 0.6 is 11.6 Å². The van der Waals surface area contributed by atoms with E-state index in [9.17, 15) is 4.79 Å². The molecule has 0 spiro atoms. The van der Waals surface area contributed by atoms with E-state index in [1.54, 1.807) is 12.1 Å². The fraction of sp³-hybridized carbons (Fsp3) is 0.500. The summed E-state index contributed by atoms with van der Waals surface area (Å²) >= 11 is 6.13. The number of nitrogens with two attached hydrogens (primary N) is 1. The number of nitrogens with one attached hydrogen (secondary N) is 1. The third kappa shape index (κ3) is 3.69. The van der Waals surface area contributed by atoms with Gasteiger partial charge in [0.1, 0.15) is 0 Å². The van der Waals surface area contributed by atoms with Crippen LogP contribution in [0.1, 0.15) is 29.3 Å². The molecule has 104 valence electrons. The van der Waals surface area contributed by atoms with Gasteiger partial charge in [-0.15, -0.1) is 0 Å². The summed E-state index contributed by atoms with van der Waals surface area (Å²) in [7, 11) is 0. The lowest BCUT2D eigenvalue weighted by atomic mass is 10.0. The van der Waals surface area contributed by atoms with E-state index in [-0.39, 0.29) is 0 Å². The highest BCUT2D eigenvalue weighted by Gasteiger charge is 2.23. The van der Waals surface area contributed by atoms with E-state index in [4.69, 9.17) is 22.1 Å². The molecule has 1 aliphatic heterocycles. The minimum Gasteiger partial charge on any atom is -0.378 e. The molecule has 0 saturated carbocycles. The highest BCUT2D eigenvalue weighted by Crippen LogP contribution is 2.21. The Morgan fingerprint density at radius 1 is 1.58 bits per heavy atom. The van der Waals surface area contributed by atoms with Gasteiger partial charge in [0.05, 0.1) is 6.10 Å². The van der Waals surface area contributed by atoms with Crippen LogP contribution in [0.3, 0.4) is 0 Å². The highest BCUT2D eigenvalue weighted by atomic mass is 35.5. The van der Waals surface area contributed by atoms with E-state index in [2.05, 4.69) is 12.2 Å². The summed E-state index contributed by atoms with van der Waals surface area (Å²) < 4.78 is 5.52. The lowest BCUT2D eigenvalue weighted by Gasteiger charge is -2.15. The zero-order valence-electron chi connectivity index (χ0n) is 11.0. The molecule has 0 radical (unpaired) electrons. The van der Waals surface area contributed by atoms with Gasteiger partial charge in [-0.1, -0.05) is 17.7 Å². The minimum atomic E-state index is -0.460. The number of rotatable bonds is 5. The van der Waals surface area contributed by atoms with Crippen LogP contribution in [0.25, 0.3) is 0 Å². The Bertz CT molecular complexity index is 465. The van der Waals surface area contributed by atoms with Crippen molar-refractivity contribution in [2.45, 2.75) is 26.0 Å². The molecule has 2 unspecified atom stereocenters. The van der Waals surface area contributed by atoms with E-state index in [0.29, 0.717) is 29.2 Å². The molecule has 1 heterocycles. The molecule has 0 aromatic heterocycles. The smallest absolute Gasteiger partial charge is 0.248 e. The molecule has 0 bridgehead atoms. The lowest BCUT2D eigenvalue weighted by molar-refractivity contribution is 0.1000. The fourth-order valence-corrected chi connectivity index (χ4v) is 2.53. The second kappa shape index (κ2) is 6.37. The Hall–Kier alpha value is -1.10. The van der Waals surface area contributed by atoms with Crippen molar-refractivity contribution in [3.05, 3.63) is 34.3 Å². The first kappa shape index (κ1) is 14.3. The summed E-state index contributed by atoms with van der Waals surface area (Å²) in [6, 6.07) is 5.15. The third-order valence-electron chi connectivity index (χ3n) is 3.59. The van der Waals surface area contributed by atoms with Gasteiger partial charge < -0.3 is 15.8 Å². The van der Waals surface area contributed by atoms with E-state index in [1.807, 2.05) is 6.07 Å². The summed E-state index contributed by atoms with van der Waals surface area (Å²) in [5, 5.41) is 3.95. The van der Waals surface area contributed by atoms with Crippen molar-refractivity contribution in [3.63, 3.8) is 0 Å². The van der Waals surface area contributed by atoms with Crippen molar-refractivity contribution in [3.8, 4) is 0 Å². The zero-order chi connectivity index (χ0) is 13.8. The maximum atomic E-state index is 11.0. The van der Waals surface area contributed by atoms with Crippen LogP contribution in [-0.2, 0) is 11.3 Å². The third-order valence-corrected chi connectivity index (χ3v) is 3.94. The number of ether oxygens (including phenoxy) is 1. The summed E-state index contributed by atoms with van der Waals surface area (Å²) in [6.45, 7) is 4.55. The van der Waals surface area contributed by atoms with E-state index >= 15 is 0 Å². The second-order valence-electron chi connectivity index (χ2n) is 4.93. The molecule has 0 aliphatic carbocycles. The number of amides is 1. The zero-order valence-corrected chi connectivity index (χ0v) is 11.7. The normalized spacial score (nSPS) is 22.6. The van der Waals surface area contributed by atoms with Crippen molar-refractivity contribution >= 4 is 17.5 Å². The number of benzene rings is 1. The van der Waals surface area contributed by atoms with Gasteiger partial charge in [-0.3, -0.25) is 4.79 Å². The topological polar surface area (TPSA) is 64.3 Å². The van der Waals surface area contributed by atoms with Crippen LogP contribution < -0.4 is 11.1 Å². The Kier molecular flexibility index (Phi) is 4.80. The van der Waals surface area contributed by atoms with E-state index < -0.39 is 5.91 Å². The fourth-order valence-electron chi connectivity index (χ4n) is 2.28. The van der Waals surface area contributed by atoms with Crippen LogP contribution in [0.5, 0.6) is 0 Å². The van der Waals surface area contributed by atoms with Crippen LogP contribution in [0.2, 0.25) is 5.02 Å². The Balaban J connectivity index is 1.87. The van der Waals surface area contributed by atoms with Crippen LogP contribution in [-0.4, -0.2) is 25.2 Å². The van der Waals surface area contributed by atoms with Crippen molar-refractivity contribution in [1.29, 1.82) is 0 Å². The van der Waals surface area contributed by atoms with Gasteiger partial charge in [0.25, 0.3) is 0 Å². The number of primary amides is 1. The lowest BCUT2D eigenvalue weighted by Crippen LogP contribution is -2.26. The molecule has 2 rings (SSSR count). The molecular weight excluding hydrogens is 264 g/mol. The van der Waals surface area contributed by atoms with Crippen LogP contribution in [0, 0.1) is 5.92 Å². The van der Waals surface area contributed by atoms with Crippen molar-refractivity contribution in [1.82, 2.24) is 5.32 Å². The minimum absolute atomic E-state index is 0.320. The maximum Gasteiger partial charge on any atom is 0.248 e. The average molecular weight is 283 g/mol. The van der Waals surface area contributed by atoms with Gasteiger partial charge in [-0.25, -0.2) is 0 Å². The largest absolute Gasteiger partial charge is 0.378 e. The number of hydrogen-bond donors (Lipinski definition) is 2. The molecule has 1 amide bonds. The molecule has 3 N–H and O–H groups in total. The number of hydrogen-bond acceptors (Lipinski definition) is 3. The predicted octanol–water partition coefficient (Wildman–Crippen LogP) is 1.95. The SMILES string of the molecule is CC1OCCC1CNCc1ccc(C(N)=O)cc1Cl. The Labute approximate surface area is 118 Å². The van der Waals surface area contributed by atoms with Crippen molar-refractivity contribution in [2.24, 2.45) is 11.7 Å². The molecule has 1 aliphatic rings. The first-order chi connectivity index (χ1) is 9.08. The van der Waals surface area contributed by atoms with Gasteiger partial charge in [0.2, 0.25) is 5.91 Å². The molecule has 1 aromatic rings. The van der Waals surface area contributed by atoms with Gasteiger partial charge in [-0.2, -0.15) is 0 Å².